The lowest BCUT2D eigenvalue weighted by Crippen LogP contribution is -2.14. The smallest absolute Gasteiger partial charge is 0.324 e. The summed E-state index contributed by atoms with van der Waals surface area (Å²) in [5.74, 6) is 0.545. The molecule has 0 radical (unpaired) electrons. The third-order valence-corrected chi connectivity index (χ3v) is 3.87. The van der Waals surface area contributed by atoms with Crippen LogP contribution < -0.4 is 10.2 Å². The zero-order valence-corrected chi connectivity index (χ0v) is 12.6. The van der Waals surface area contributed by atoms with E-state index in [-0.39, 0.29) is 4.87 Å². The number of nitrogens with one attached hydrogen (secondary N) is 1. The van der Waals surface area contributed by atoms with Crippen molar-refractivity contribution in [1.82, 2.24) is 8.94 Å². The third kappa shape index (κ3) is 2.73. The molecule has 1 N–H and O–H groups in total. The van der Waals surface area contributed by atoms with Crippen LogP contribution in [0.2, 0.25) is 0 Å². The highest BCUT2D eigenvalue weighted by atomic mass is 32.1. The van der Waals surface area contributed by atoms with E-state index in [4.69, 9.17) is 0 Å². The van der Waals surface area contributed by atoms with E-state index in [0.29, 0.717) is 5.95 Å². The minimum Gasteiger partial charge on any atom is -0.324 e. The van der Waals surface area contributed by atoms with Gasteiger partial charge in [0.2, 0.25) is 5.95 Å². The predicted molar refractivity (Wildman–Crippen MR) is 86.9 cm³/mol. The molecule has 21 heavy (non-hydrogen) atoms. The number of para-hydroxylation sites is 1. The molecular formula is C16H15N3OS. The van der Waals surface area contributed by atoms with Crippen LogP contribution in [-0.2, 0) is 0 Å². The molecule has 0 atom stereocenters. The largest absolute Gasteiger partial charge is 0.332 e. The first-order valence-corrected chi connectivity index (χ1v) is 7.41. The van der Waals surface area contributed by atoms with Crippen LogP contribution in [0, 0.1) is 13.8 Å². The summed E-state index contributed by atoms with van der Waals surface area (Å²) in [5, 5.41) is 3.21. The lowest BCUT2D eigenvalue weighted by Gasteiger charge is -2.10. The number of benzene rings is 2. The van der Waals surface area contributed by atoms with Crippen molar-refractivity contribution >= 4 is 23.2 Å². The molecule has 0 spiro atoms. The molecule has 106 valence electrons. The van der Waals surface area contributed by atoms with E-state index in [1.807, 2.05) is 62.4 Å². The summed E-state index contributed by atoms with van der Waals surface area (Å²) in [6.45, 7) is 4.02. The third-order valence-electron chi connectivity index (χ3n) is 3.27. The fraction of sp³-hybridized carbons (Fsp3) is 0.125. The van der Waals surface area contributed by atoms with Gasteiger partial charge in [0.1, 0.15) is 0 Å². The highest BCUT2D eigenvalue weighted by Gasteiger charge is 2.12. The molecule has 3 aromatic rings. The summed E-state index contributed by atoms with van der Waals surface area (Å²) in [5.41, 5.74) is 3.99. The Balaban J connectivity index is 2.04. The van der Waals surface area contributed by atoms with Crippen LogP contribution in [0.4, 0.5) is 11.6 Å². The van der Waals surface area contributed by atoms with Crippen molar-refractivity contribution in [1.29, 1.82) is 0 Å². The van der Waals surface area contributed by atoms with Gasteiger partial charge in [-0.1, -0.05) is 35.9 Å². The van der Waals surface area contributed by atoms with Crippen LogP contribution in [0.1, 0.15) is 11.1 Å². The normalized spacial score (nSPS) is 10.6. The summed E-state index contributed by atoms with van der Waals surface area (Å²) >= 11 is 0.952. The van der Waals surface area contributed by atoms with Crippen molar-refractivity contribution in [2.24, 2.45) is 0 Å². The van der Waals surface area contributed by atoms with Crippen molar-refractivity contribution in [2.45, 2.75) is 13.8 Å². The van der Waals surface area contributed by atoms with E-state index in [0.717, 1.165) is 28.5 Å². The maximum atomic E-state index is 12.1. The van der Waals surface area contributed by atoms with Gasteiger partial charge in [-0.2, -0.15) is 4.37 Å². The summed E-state index contributed by atoms with van der Waals surface area (Å²) in [4.78, 5) is 12.0. The van der Waals surface area contributed by atoms with E-state index in [2.05, 4.69) is 9.69 Å². The fourth-order valence-corrected chi connectivity index (χ4v) is 2.68. The number of aryl methyl sites for hydroxylation is 2. The summed E-state index contributed by atoms with van der Waals surface area (Å²) in [6, 6.07) is 15.8. The Labute approximate surface area is 126 Å². The second-order valence-corrected chi connectivity index (χ2v) is 5.60. The van der Waals surface area contributed by atoms with Gasteiger partial charge in [-0.15, -0.1) is 0 Å². The topological polar surface area (TPSA) is 46.9 Å². The van der Waals surface area contributed by atoms with Crippen LogP contribution >= 0.6 is 11.5 Å². The minimum atomic E-state index is -0.0982. The maximum absolute atomic E-state index is 12.1. The van der Waals surface area contributed by atoms with E-state index in [1.54, 1.807) is 4.57 Å². The number of hydrogen-bond acceptors (Lipinski definition) is 4. The van der Waals surface area contributed by atoms with Crippen LogP contribution in [0.3, 0.4) is 0 Å². The highest BCUT2D eigenvalue weighted by Crippen LogP contribution is 2.20. The van der Waals surface area contributed by atoms with Crippen molar-refractivity contribution in [3.05, 3.63) is 69.3 Å². The number of nitrogens with zero attached hydrogens (tertiary/aromatic N) is 2. The van der Waals surface area contributed by atoms with Gasteiger partial charge >= 0.3 is 4.87 Å². The Morgan fingerprint density at radius 3 is 2.48 bits per heavy atom. The number of rotatable bonds is 3. The van der Waals surface area contributed by atoms with E-state index < -0.39 is 0 Å². The second-order valence-electron chi connectivity index (χ2n) is 4.89. The van der Waals surface area contributed by atoms with Crippen molar-refractivity contribution in [3.63, 3.8) is 0 Å². The van der Waals surface area contributed by atoms with Gasteiger partial charge in [-0.05, 0) is 37.6 Å². The molecule has 0 fully saturated rings. The maximum Gasteiger partial charge on any atom is 0.332 e. The lowest BCUT2D eigenvalue weighted by molar-refractivity contribution is 1.01. The molecule has 1 heterocycles. The molecule has 0 saturated heterocycles. The average molecular weight is 297 g/mol. The van der Waals surface area contributed by atoms with E-state index >= 15 is 0 Å². The molecule has 0 aliphatic rings. The van der Waals surface area contributed by atoms with Gasteiger partial charge in [0.25, 0.3) is 0 Å². The minimum absolute atomic E-state index is 0.0982. The highest BCUT2D eigenvalue weighted by molar-refractivity contribution is 7.03. The second kappa shape index (κ2) is 5.54. The molecule has 0 aliphatic carbocycles. The number of aromatic nitrogens is 2. The van der Waals surface area contributed by atoms with Gasteiger partial charge in [-0.3, -0.25) is 4.79 Å². The summed E-state index contributed by atoms with van der Waals surface area (Å²) < 4.78 is 5.84. The SMILES string of the molecule is Cc1ccc(Nc2nsc(=O)n2-c2ccccc2C)cc1. The van der Waals surface area contributed by atoms with Gasteiger partial charge in [-0.25, -0.2) is 4.57 Å². The Kier molecular flexibility index (Phi) is 3.58. The van der Waals surface area contributed by atoms with Crippen molar-refractivity contribution in [2.75, 3.05) is 5.32 Å². The quantitative estimate of drug-likeness (QED) is 0.802. The van der Waals surface area contributed by atoms with Gasteiger partial charge < -0.3 is 5.32 Å². The first-order chi connectivity index (χ1) is 10.1. The Morgan fingerprint density at radius 2 is 1.76 bits per heavy atom. The molecule has 0 bridgehead atoms. The molecule has 0 unspecified atom stereocenters. The van der Waals surface area contributed by atoms with Gasteiger partial charge in [0.15, 0.2) is 0 Å². The number of hydrogen-bond donors (Lipinski definition) is 1. The van der Waals surface area contributed by atoms with Gasteiger partial charge in [0, 0.05) is 17.2 Å². The average Bonchev–Trinajstić information content (AvgIpc) is 2.83. The predicted octanol–water partition coefficient (Wildman–Crippen LogP) is 3.65. The Morgan fingerprint density at radius 1 is 1.05 bits per heavy atom. The van der Waals surface area contributed by atoms with Crippen LogP contribution in [0.5, 0.6) is 0 Å². The van der Waals surface area contributed by atoms with E-state index in [1.165, 1.54) is 5.56 Å². The zero-order chi connectivity index (χ0) is 14.8. The molecule has 0 saturated carbocycles. The molecular weight excluding hydrogens is 282 g/mol. The van der Waals surface area contributed by atoms with E-state index in [9.17, 15) is 4.79 Å². The van der Waals surface area contributed by atoms with Crippen LogP contribution in [0.25, 0.3) is 5.69 Å². The molecule has 2 aromatic carbocycles. The Bertz CT molecular complexity index is 818. The summed E-state index contributed by atoms with van der Waals surface area (Å²) in [6.07, 6.45) is 0. The van der Waals surface area contributed by atoms with Crippen LogP contribution in [-0.4, -0.2) is 8.94 Å². The first-order valence-electron chi connectivity index (χ1n) is 6.63. The number of anilines is 2. The lowest BCUT2D eigenvalue weighted by atomic mass is 10.2. The molecule has 3 rings (SSSR count). The molecule has 0 amide bonds. The molecule has 0 aliphatic heterocycles. The van der Waals surface area contributed by atoms with Crippen molar-refractivity contribution in [3.8, 4) is 5.69 Å². The summed E-state index contributed by atoms with van der Waals surface area (Å²) in [7, 11) is 0. The monoisotopic (exact) mass is 297 g/mol. The first kappa shape index (κ1) is 13.6. The molecule has 4 nitrogen and oxygen atoms in total. The zero-order valence-electron chi connectivity index (χ0n) is 11.8. The molecule has 5 heteroatoms. The van der Waals surface area contributed by atoms with Gasteiger partial charge in [0.05, 0.1) is 5.69 Å². The fourth-order valence-electron chi connectivity index (χ4n) is 2.12. The molecule has 1 aromatic heterocycles. The van der Waals surface area contributed by atoms with Crippen molar-refractivity contribution < 1.29 is 0 Å². The Hall–Kier alpha value is -2.40. The van der Waals surface area contributed by atoms with Crippen LogP contribution in [0.15, 0.2) is 53.3 Å². The standard InChI is InChI=1S/C16H15N3OS/c1-11-7-9-13(10-8-11)17-15-18-21-16(20)19(15)14-6-4-3-5-12(14)2/h3-10H,1-2H3,(H,17,18).